The van der Waals surface area contributed by atoms with Crippen LogP contribution in [0.5, 0.6) is 0 Å². The van der Waals surface area contributed by atoms with Crippen molar-refractivity contribution in [1.82, 2.24) is 0 Å². The van der Waals surface area contributed by atoms with Crippen molar-refractivity contribution in [3.63, 3.8) is 0 Å². The zero-order valence-corrected chi connectivity index (χ0v) is 10.8. The lowest BCUT2D eigenvalue weighted by atomic mass is 9.76. The number of rotatable bonds is 1. The number of hydrogen-bond acceptors (Lipinski definition) is 1. The Labute approximate surface area is 111 Å². The Bertz CT molecular complexity index is 386. The molecule has 1 aliphatic rings. The third-order valence-electron chi connectivity index (χ3n) is 3.27. The quantitative estimate of drug-likeness (QED) is 0.823. The van der Waals surface area contributed by atoms with Crippen LogP contribution in [0.3, 0.4) is 0 Å². The average Bonchev–Trinajstić information content (AvgIpc) is 2.23. The average molecular weight is 282 g/mol. The molecular formula is C12H15Cl2F2N. The molecule has 1 saturated carbocycles. The van der Waals surface area contributed by atoms with Gasteiger partial charge in [0.15, 0.2) is 0 Å². The fraction of sp³-hybridized carbons (Fsp3) is 0.500. The van der Waals surface area contributed by atoms with Gasteiger partial charge < -0.3 is 5.73 Å². The summed E-state index contributed by atoms with van der Waals surface area (Å²) in [5.41, 5.74) is 6.39. The van der Waals surface area contributed by atoms with Crippen molar-refractivity contribution >= 4 is 24.0 Å². The molecule has 2 N–H and O–H groups in total. The van der Waals surface area contributed by atoms with E-state index in [1.165, 1.54) is 0 Å². The summed E-state index contributed by atoms with van der Waals surface area (Å²) in [4.78, 5) is 0. The molecule has 0 unspecified atom stereocenters. The van der Waals surface area contributed by atoms with Crippen molar-refractivity contribution in [3.8, 4) is 0 Å². The Morgan fingerprint density at radius 1 is 1.12 bits per heavy atom. The third-order valence-corrected chi connectivity index (χ3v) is 3.51. The highest BCUT2D eigenvalue weighted by atomic mass is 35.5. The molecule has 0 amide bonds. The van der Waals surface area contributed by atoms with Crippen LogP contribution in [0, 0.1) is 0 Å². The molecule has 1 aromatic rings. The minimum Gasteiger partial charge on any atom is -0.321 e. The molecule has 1 fully saturated rings. The Morgan fingerprint density at radius 3 is 2.24 bits per heavy atom. The fourth-order valence-electron chi connectivity index (χ4n) is 2.15. The molecule has 96 valence electrons. The van der Waals surface area contributed by atoms with Crippen LogP contribution in [0.15, 0.2) is 24.3 Å². The van der Waals surface area contributed by atoms with Gasteiger partial charge in [-0.05, 0) is 30.5 Å². The van der Waals surface area contributed by atoms with Gasteiger partial charge in [0.2, 0.25) is 5.92 Å². The van der Waals surface area contributed by atoms with E-state index in [9.17, 15) is 8.78 Å². The second kappa shape index (κ2) is 5.09. The Hall–Kier alpha value is -0.380. The molecule has 1 aromatic carbocycles. The predicted octanol–water partition coefficient (Wildman–Crippen LogP) is 4.13. The van der Waals surface area contributed by atoms with E-state index in [4.69, 9.17) is 17.3 Å². The maximum absolute atomic E-state index is 13.1. The molecule has 17 heavy (non-hydrogen) atoms. The van der Waals surface area contributed by atoms with Crippen molar-refractivity contribution < 1.29 is 8.78 Å². The fourth-order valence-corrected chi connectivity index (χ4v) is 2.34. The second-order valence-electron chi connectivity index (χ2n) is 4.52. The summed E-state index contributed by atoms with van der Waals surface area (Å²) in [5, 5.41) is 0.597. The summed E-state index contributed by atoms with van der Waals surface area (Å²) < 4.78 is 26.1. The molecule has 0 bridgehead atoms. The topological polar surface area (TPSA) is 26.0 Å². The lowest BCUT2D eigenvalue weighted by Gasteiger charge is -2.37. The molecule has 0 spiro atoms. The van der Waals surface area contributed by atoms with Gasteiger partial charge in [-0.1, -0.05) is 23.7 Å². The van der Waals surface area contributed by atoms with Crippen molar-refractivity contribution in [1.29, 1.82) is 0 Å². The number of alkyl halides is 2. The molecule has 0 atom stereocenters. The lowest BCUT2D eigenvalue weighted by molar-refractivity contribution is -0.0514. The summed E-state index contributed by atoms with van der Waals surface area (Å²) in [7, 11) is 0. The Morgan fingerprint density at radius 2 is 1.71 bits per heavy atom. The van der Waals surface area contributed by atoms with E-state index in [-0.39, 0.29) is 25.2 Å². The van der Waals surface area contributed by atoms with Crippen LogP contribution in [0.4, 0.5) is 8.78 Å². The van der Waals surface area contributed by atoms with E-state index in [1.54, 1.807) is 18.2 Å². The summed E-state index contributed by atoms with van der Waals surface area (Å²) in [6, 6.07) is 7.19. The number of hydrogen-bond donors (Lipinski definition) is 1. The molecule has 0 aliphatic heterocycles. The van der Waals surface area contributed by atoms with Crippen LogP contribution in [0.25, 0.3) is 0 Å². The normalized spacial score (nSPS) is 21.6. The maximum atomic E-state index is 13.1. The van der Waals surface area contributed by atoms with Gasteiger partial charge in [-0.3, -0.25) is 0 Å². The van der Waals surface area contributed by atoms with Gasteiger partial charge in [0.1, 0.15) is 0 Å². The van der Waals surface area contributed by atoms with E-state index in [0.29, 0.717) is 17.9 Å². The molecule has 0 radical (unpaired) electrons. The molecular weight excluding hydrogens is 267 g/mol. The first-order chi connectivity index (χ1) is 7.41. The highest BCUT2D eigenvalue weighted by Gasteiger charge is 2.41. The zero-order chi connectivity index (χ0) is 11.8. The van der Waals surface area contributed by atoms with Crippen LogP contribution in [-0.4, -0.2) is 5.92 Å². The van der Waals surface area contributed by atoms with Crippen LogP contribution < -0.4 is 5.73 Å². The van der Waals surface area contributed by atoms with E-state index >= 15 is 0 Å². The summed E-state index contributed by atoms with van der Waals surface area (Å²) in [5.74, 6) is -2.55. The van der Waals surface area contributed by atoms with E-state index in [1.807, 2.05) is 6.07 Å². The van der Waals surface area contributed by atoms with Crippen molar-refractivity contribution in [3.05, 3.63) is 34.9 Å². The molecule has 0 heterocycles. The molecule has 1 nitrogen and oxygen atoms in total. The van der Waals surface area contributed by atoms with Crippen LogP contribution >= 0.6 is 24.0 Å². The van der Waals surface area contributed by atoms with Crippen molar-refractivity contribution in [2.75, 3.05) is 0 Å². The SMILES string of the molecule is Cl.NC1(c2cccc(Cl)c2)CCC(F)(F)CC1. The molecule has 5 heteroatoms. The first kappa shape index (κ1) is 14.7. The summed E-state index contributed by atoms with van der Waals surface area (Å²) >= 11 is 5.88. The largest absolute Gasteiger partial charge is 0.321 e. The second-order valence-corrected chi connectivity index (χ2v) is 4.96. The zero-order valence-electron chi connectivity index (χ0n) is 9.26. The van der Waals surface area contributed by atoms with Crippen molar-refractivity contribution in [2.24, 2.45) is 5.73 Å². The van der Waals surface area contributed by atoms with Crippen molar-refractivity contribution in [2.45, 2.75) is 37.1 Å². The van der Waals surface area contributed by atoms with Gasteiger partial charge in [0.25, 0.3) is 0 Å². The van der Waals surface area contributed by atoms with Crippen LogP contribution in [0.1, 0.15) is 31.2 Å². The summed E-state index contributed by atoms with van der Waals surface area (Å²) in [6.45, 7) is 0. The van der Waals surface area contributed by atoms with Crippen LogP contribution in [-0.2, 0) is 5.54 Å². The monoisotopic (exact) mass is 281 g/mol. The lowest BCUT2D eigenvalue weighted by Crippen LogP contribution is -2.43. The van der Waals surface area contributed by atoms with Gasteiger partial charge in [-0.15, -0.1) is 12.4 Å². The van der Waals surface area contributed by atoms with Gasteiger partial charge >= 0.3 is 0 Å². The Balaban J connectivity index is 0.00000144. The predicted molar refractivity (Wildman–Crippen MR) is 68.0 cm³/mol. The smallest absolute Gasteiger partial charge is 0.248 e. The molecule has 0 saturated heterocycles. The molecule has 2 rings (SSSR count). The molecule has 0 aromatic heterocycles. The van der Waals surface area contributed by atoms with Gasteiger partial charge in [-0.2, -0.15) is 0 Å². The van der Waals surface area contributed by atoms with Gasteiger partial charge in [-0.25, -0.2) is 8.78 Å². The van der Waals surface area contributed by atoms with Crippen LogP contribution in [0.2, 0.25) is 5.02 Å². The van der Waals surface area contributed by atoms with Gasteiger partial charge in [0, 0.05) is 23.4 Å². The highest BCUT2D eigenvalue weighted by molar-refractivity contribution is 6.30. The molecule has 1 aliphatic carbocycles. The standard InChI is InChI=1S/C12H14ClF2N.ClH/c13-10-3-1-2-9(8-10)11(16)4-6-12(14,15)7-5-11;/h1-3,8H,4-7,16H2;1H. The van der Waals surface area contributed by atoms with E-state index < -0.39 is 11.5 Å². The minimum absolute atomic E-state index is 0. The maximum Gasteiger partial charge on any atom is 0.248 e. The third kappa shape index (κ3) is 3.30. The first-order valence-electron chi connectivity index (χ1n) is 5.34. The first-order valence-corrected chi connectivity index (χ1v) is 5.72. The summed E-state index contributed by atoms with van der Waals surface area (Å²) in [6.07, 6.45) is 0.326. The highest BCUT2D eigenvalue weighted by Crippen LogP contribution is 2.42. The Kier molecular flexibility index (Phi) is 4.39. The van der Waals surface area contributed by atoms with E-state index in [0.717, 1.165) is 5.56 Å². The number of nitrogens with two attached hydrogens (primary N) is 1. The number of halogens is 4. The number of benzene rings is 1. The van der Waals surface area contributed by atoms with Gasteiger partial charge in [0.05, 0.1) is 0 Å². The minimum atomic E-state index is -2.55. The van der Waals surface area contributed by atoms with E-state index in [2.05, 4.69) is 0 Å².